The van der Waals surface area contributed by atoms with E-state index in [-0.39, 0.29) is 5.91 Å². The molecule has 0 spiro atoms. The Morgan fingerprint density at radius 2 is 2.10 bits per heavy atom. The van der Waals surface area contributed by atoms with Gasteiger partial charge in [-0.05, 0) is 42.8 Å². The summed E-state index contributed by atoms with van der Waals surface area (Å²) in [6.07, 6.45) is 2.51. The maximum atomic E-state index is 11.9. The molecular formula is C15H15ClN2O2S. The minimum absolute atomic E-state index is 0.268. The van der Waals surface area contributed by atoms with Gasteiger partial charge in [-0.25, -0.2) is 5.43 Å². The summed E-state index contributed by atoms with van der Waals surface area (Å²) in [5.41, 5.74) is 3.00. The Morgan fingerprint density at radius 3 is 2.71 bits per heavy atom. The van der Waals surface area contributed by atoms with Crippen molar-refractivity contribution in [2.75, 3.05) is 6.61 Å². The van der Waals surface area contributed by atoms with Crippen LogP contribution in [0.5, 0.6) is 5.75 Å². The van der Waals surface area contributed by atoms with Gasteiger partial charge in [0.2, 0.25) is 0 Å². The Kier molecular flexibility index (Phi) is 5.78. The van der Waals surface area contributed by atoms with Gasteiger partial charge in [-0.15, -0.1) is 11.3 Å². The van der Waals surface area contributed by atoms with Crippen LogP contribution in [0.4, 0.5) is 0 Å². The zero-order valence-corrected chi connectivity index (χ0v) is 13.1. The quantitative estimate of drug-likeness (QED) is 0.646. The van der Waals surface area contributed by atoms with E-state index in [4.69, 9.17) is 16.3 Å². The van der Waals surface area contributed by atoms with Crippen LogP contribution in [-0.2, 0) is 0 Å². The lowest BCUT2D eigenvalue weighted by Gasteiger charge is -2.05. The molecule has 1 heterocycles. The molecule has 1 N–H and O–H groups in total. The number of rotatable bonds is 6. The number of amides is 1. The number of ether oxygens (including phenoxy) is 1. The van der Waals surface area contributed by atoms with E-state index in [9.17, 15) is 4.79 Å². The van der Waals surface area contributed by atoms with E-state index in [2.05, 4.69) is 10.5 Å². The lowest BCUT2D eigenvalue weighted by atomic mass is 10.2. The number of carbonyl (C=O) groups excluding carboxylic acids is 1. The normalized spacial score (nSPS) is 10.8. The van der Waals surface area contributed by atoms with E-state index < -0.39 is 0 Å². The Bertz CT molecular complexity index is 623. The lowest BCUT2D eigenvalue weighted by molar-refractivity contribution is 0.0955. The zero-order valence-electron chi connectivity index (χ0n) is 11.5. The summed E-state index contributed by atoms with van der Waals surface area (Å²) in [5, 5.41) is 3.90. The Labute approximate surface area is 132 Å². The molecule has 110 valence electrons. The first-order chi connectivity index (χ1) is 10.2. The fourth-order valence-corrected chi connectivity index (χ4v) is 2.47. The van der Waals surface area contributed by atoms with Crippen LogP contribution in [0.3, 0.4) is 0 Å². The molecule has 0 unspecified atom stereocenters. The second kappa shape index (κ2) is 7.81. The molecule has 0 radical (unpaired) electrons. The number of thiophene rings is 1. The topological polar surface area (TPSA) is 50.7 Å². The Balaban J connectivity index is 1.89. The van der Waals surface area contributed by atoms with E-state index in [1.165, 1.54) is 11.3 Å². The molecule has 1 amide bonds. The van der Waals surface area contributed by atoms with Crippen LogP contribution in [-0.4, -0.2) is 18.7 Å². The highest BCUT2D eigenvalue weighted by Crippen LogP contribution is 2.19. The van der Waals surface area contributed by atoms with Gasteiger partial charge >= 0.3 is 0 Å². The first-order valence-corrected chi connectivity index (χ1v) is 7.70. The zero-order chi connectivity index (χ0) is 15.1. The smallest absolute Gasteiger partial charge is 0.271 e. The van der Waals surface area contributed by atoms with Gasteiger partial charge in [0.15, 0.2) is 0 Å². The van der Waals surface area contributed by atoms with Crippen LogP contribution in [0.15, 0.2) is 41.5 Å². The minimum atomic E-state index is -0.268. The van der Waals surface area contributed by atoms with Gasteiger partial charge in [0.05, 0.1) is 17.2 Å². The van der Waals surface area contributed by atoms with Crippen molar-refractivity contribution in [1.29, 1.82) is 0 Å². The summed E-state index contributed by atoms with van der Waals surface area (Å²) < 4.78 is 6.14. The maximum absolute atomic E-state index is 11.9. The van der Waals surface area contributed by atoms with E-state index in [1.807, 2.05) is 13.0 Å². The molecule has 0 atom stereocenters. The fourth-order valence-electron chi connectivity index (χ4n) is 1.54. The van der Waals surface area contributed by atoms with Crippen molar-refractivity contribution in [2.45, 2.75) is 13.3 Å². The number of nitrogens with zero attached hydrogens (tertiary/aromatic N) is 1. The monoisotopic (exact) mass is 322 g/mol. The van der Waals surface area contributed by atoms with Gasteiger partial charge in [-0.2, -0.15) is 5.10 Å². The Morgan fingerprint density at radius 1 is 1.33 bits per heavy atom. The van der Waals surface area contributed by atoms with Crippen LogP contribution in [0.2, 0.25) is 4.34 Å². The molecule has 0 aliphatic carbocycles. The highest BCUT2D eigenvalue weighted by molar-refractivity contribution is 7.17. The predicted octanol–water partition coefficient (Wildman–Crippen LogP) is 3.95. The van der Waals surface area contributed by atoms with Gasteiger partial charge in [0.25, 0.3) is 5.91 Å². The number of hydrazone groups is 1. The number of nitrogens with one attached hydrogen (secondary N) is 1. The van der Waals surface area contributed by atoms with Crippen molar-refractivity contribution in [3.05, 3.63) is 51.2 Å². The van der Waals surface area contributed by atoms with Gasteiger partial charge < -0.3 is 4.74 Å². The predicted molar refractivity (Wildman–Crippen MR) is 86.6 cm³/mol. The Hall–Kier alpha value is -1.85. The van der Waals surface area contributed by atoms with Crippen molar-refractivity contribution >= 4 is 35.1 Å². The van der Waals surface area contributed by atoms with Crippen molar-refractivity contribution in [1.82, 2.24) is 5.43 Å². The largest absolute Gasteiger partial charge is 0.494 e. The molecular weight excluding hydrogens is 308 g/mol. The second-order valence-electron chi connectivity index (χ2n) is 4.21. The summed E-state index contributed by atoms with van der Waals surface area (Å²) in [5.74, 6) is 0.487. The molecule has 6 heteroatoms. The van der Waals surface area contributed by atoms with E-state index in [1.54, 1.807) is 36.5 Å². The van der Waals surface area contributed by atoms with Crippen LogP contribution in [0.25, 0.3) is 0 Å². The standard InChI is InChI=1S/C15H15ClN2O2S/c1-2-9-20-12-5-3-11(4-6-12)15(19)18-17-10-13-7-8-14(16)21-13/h3-8,10H,2,9H2,1H3,(H,18,19). The second-order valence-corrected chi connectivity index (χ2v) is 5.96. The lowest BCUT2D eigenvalue weighted by Crippen LogP contribution is -2.17. The van der Waals surface area contributed by atoms with Crippen LogP contribution < -0.4 is 10.2 Å². The molecule has 0 bridgehead atoms. The molecule has 0 fully saturated rings. The molecule has 0 aliphatic heterocycles. The maximum Gasteiger partial charge on any atom is 0.271 e. The third-order valence-corrected chi connectivity index (χ3v) is 3.71. The third kappa shape index (κ3) is 4.88. The fraction of sp³-hybridized carbons (Fsp3) is 0.200. The van der Waals surface area contributed by atoms with Crippen LogP contribution >= 0.6 is 22.9 Å². The first kappa shape index (κ1) is 15.5. The molecule has 0 saturated heterocycles. The number of benzene rings is 1. The minimum Gasteiger partial charge on any atom is -0.494 e. The van der Waals surface area contributed by atoms with Crippen LogP contribution in [0, 0.1) is 0 Å². The van der Waals surface area contributed by atoms with Gasteiger partial charge in [0.1, 0.15) is 5.75 Å². The van der Waals surface area contributed by atoms with Crippen LogP contribution in [0.1, 0.15) is 28.6 Å². The highest BCUT2D eigenvalue weighted by atomic mass is 35.5. The molecule has 2 aromatic rings. The molecule has 2 rings (SSSR count). The summed E-state index contributed by atoms with van der Waals surface area (Å²) in [6, 6.07) is 10.6. The van der Waals surface area contributed by atoms with Crippen molar-refractivity contribution in [3.63, 3.8) is 0 Å². The first-order valence-electron chi connectivity index (χ1n) is 6.50. The number of hydrogen-bond donors (Lipinski definition) is 1. The van der Waals surface area contributed by atoms with Crippen molar-refractivity contribution in [3.8, 4) is 5.75 Å². The summed E-state index contributed by atoms with van der Waals surface area (Å²) >= 11 is 7.20. The summed E-state index contributed by atoms with van der Waals surface area (Å²) in [7, 11) is 0. The van der Waals surface area contributed by atoms with E-state index in [0.29, 0.717) is 16.5 Å². The molecule has 0 saturated carbocycles. The molecule has 4 nitrogen and oxygen atoms in total. The summed E-state index contributed by atoms with van der Waals surface area (Å²) in [6.45, 7) is 2.71. The average molecular weight is 323 g/mol. The number of hydrogen-bond acceptors (Lipinski definition) is 4. The molecule has 0 aliphatic rings. The third-order valence-electron chi connectivity index (χ3n) is 2.54. The van der Waals surface area contributed by atoms with Gasteiger partial charge in [-0.3, -0.25) is 4.79 Å². The number of carbonyl (C=O) groups is 1. The van der Waals surface area contributed by atoms with E-state index >= 15 is 0 Å². The number of halogens is 1. The van der Waals surface area contributed by atoms with Gasteiger partial charge in [0, 0.05) is 10.4 Å². The van der Waals surface area contributed by atoms with Gasteiger partial charge in [-0.1, -0.05) is 18.5 Å². The van der Waals surface area contributed by atoms with Crippen molar-refractivity contribution in [2.24, 2.45) is 5.10 Å². The van der Waals surface area contributed by atoms with E-state index in [0.717, 1.165) is 17.0 Å². The molecule has 1 aromatic heterocycles. The summed E-state index contributed by atoms with van der Waals surface area (Å²) in [4.78, 5) is 12.8. The molecule has 21 heavy (non-hydrogen) atoms. The average Bonchev–Trinajstić information content (AvgIpc) is 2.91. The molecule has 1 aromatic carbocycles. The van der Waals surface area contributed by atoms with Crippen molar-refractivity contribution < 1.29 is 9.53 Å². The highest BCUT2D eigenvalue weighted by Gasteiger charge is 2.04. The SMILES string of the molecule is CCCOc1ccc(C(=O)NN=Cc2ccc(Cl)s2)cc1.